The van der Waals surface area contributed by atoms with Crippen molar-refractivity contribution in [2.45, 2.75) is 13.8 Å². The summed E-state index contributed by atoms with van der Waals surface area (Å²) in [4.78, 5) is 22.4. The zero-order valence-electron chi connectivity index (χ0n) is 11.8. The summed E-state index contributed by atoms with van der Waals surface area (Å²) >= 11 is 0. The fourth-order valence-electron chi connectivity index (χ4n) is 1.62. The number of rotatable bonds is 6. The van der Waals surface area contributed by atoms with Gasteiger partial charge < -0.3 is 15.7 Å². The smallest absolute Gasteiger partial charge is 0.335 e. The zero-order valence-corrected chi connectivity index (χ0v) is 12.7. The number of carbonyl (C=O) groups excluding carboxylic acids is 1. The lowest BCUT2D eigenvalue weighted by molar-refractivity contribution is 0.0696. The normalized spacial score (nSPS) is 11.0. The second-order valence-corrected chi connectivity index (χ2v) is 6.92. The predicted molar refractivity (Wildman–Crippen MR) is 79.5 cm³/mol. The maximum Gasteiger partial charge on any atom is 0.335 e. The lowest BCUT2D eigenvalue weighted by Gasteiger charge is -2.09. The maximum absolute atomic E-state index is 11.6. The van der Waals surface area contributed by atoms with Gasteiger partial charge in [0.2, 0.25) is 0 Å². The van der Waals surface area contributed by atoms with Gasteiger partial charge in [0.15, 0.2) is 9.84 Å². The highest BCUT2D eigenvalue weighted by molar-refractivity contribution is 7.91. The predicted octanol–water partition coefficient (Wildman–Crippen LogP) is 1.25. The number of benzene rings is 1. The molecule has 0 aliphatic heterocycles. The number of aryl methyl sites for hydroxylation is 1. The Bertz CT molecular complexity index is 640. The first-order valence-electron chi connectivity index (χ1n) is 6.34. The van der Waals surface area contributed by atoms with Gasteiger partial charge in [-0.15, -0.1) is 0 Å². The van der Waals surface area contributed by atoms with E-state index in [1.165, 1.54) is 18.2 Å². The van der Waals surface area contributed by atoms with Crippen LogP contribution in [0.15, 0.2) is 18.2 Å². The van der Waals surface area contributed by atoms with Crippen molar-refractivity contribution in [3.63, 3.8) is 0 Å². The number of nitrogens with one attached hydrogen (secondary N) is 2. The molecule has 21 heavy (non-hydrogen) atoms. The highest BCUT2D eigenvalue weighted by Crippen LogP contribution is 2.15. The number of sulfone groups is 1. The molecular formula is C13H18N2O5S. The Balaban J connectivity index is 2.56. The van der Waals surface area contributed by atoms with Crippen molar-refractivity contribution in [2.24, 2.45) is 0 Å². The van der Waals surface area contributed by atoms with E-state index in [4.69, 9.17) is 5.11 Å². The summed E-state index contributed by atoms with van der Waals surface area (Å²) in [7, 11) is -3.12. The minimum absolute atomic E-state index is 0.0220. The first kappa shape index (κ1) is 17.0. The zero-order chi connectivity index (χ0) is 16.0. The molecule has 0 aliphatic carbocycles. The molecule has 0 unspecified atom stereocenters. The number of urea groups is 1. The fraction of sp³-hybridized carbons (Fsp3) is 0.385. The van der Waals surface area contributed by atoms with Crippen LogP contribution in [0.5, 0.6) is 0 Å². The Morgan fingerprint density at radius 2 is 1.95 bits per heavy atom. The van der Waals surface area contributed by atoms with E-state index >= 15 is 0 Å². The average molecular weight is 314 g/mol. The first-order chi connectivity index (χ1) is 9.75. The molecule has 0 fully saturated rings. The third-order valence-electron chi connectivity index (χ3n) is 2.85. The maximum atomic E-state index is 11.6. The molecule has 3 N–H and O–H groups in total. The summed E-state index contributed by atoms with van der Waals surface area (Å²) in [6, 6.07) is 3.86. The molecule has 7 nitrogen and oxygen atoms in total. The van der Waals surface area contributed by atoms with Crippen LogP contribution in [0.4, 0.5) is 10.5 Å². The lowest BCUT2D eigenvalue weighted by atomic mass is 10.1. The lowest BCUT2D eigenvalue weighted by Crippen LogP contribution is -2.33. The van der Waals surface area contributed by atoms with E-state index in [1.54, 1.807) is 13.8 Å². The number of carboxylic acid groups (broad SMARTS) is 1. The molecule has 1 rings (SSSR count). The number of anilines is 1. The van der Waals surface area contributed by atoms with E-state index in [1.807, 2.05) is 0 Å². The van der Waals surface area contributed by atoms with E-state index in [0.717, 1.165) is 0 Å². The van der Waals surface area contributed by atoms with Crippen LogP contribution < -0.4 is 10.6 Å². The molecule has 0 saturated heterocycles. The first-order valence-corrected chi connectivity index (χ1v) is 8.16. The van der Waals surface area contributed by atoms with Gasteiger partial charge in [0.25, 0.3) is 0 Å². The van der Waals surface area contributed by atoms with E-state index < -0.39 is 21.8 Å². The van der Waals surface area contributed by atoms with Crippen molar-refractivity contribution in [3.05, 3.63) is 29.3 Å². The molecular weight excluding hydrogens is 296 g/mol. The summed E-state index contributed by atoms with van der Waals surface area (Å²) < 4.78 is 22.5. The van der Waals surface area contributed by atoms with E-state index in [9.17, 15) is 18.0 Å². The van der Waals surface area contributed by atoms with Crippen LogP contribution in [0.2, 0.25) is 0 Å². The molecule has 0 spiro atoms. The highest BCUT2D eigenvalue weighted by Gasteiger charge is 2.10. The molecule has 0 aliphatic rings. The average Bonchev–Trinajstić information content (AvgIpc) is 2.38. The summed E-state index contributed by atoms with van der Waals surface area (Å²) in [6.45, 7) is 3.19. The second kappa shape index (κ2) is 7.07. The molecule has 0 heterocycles. The monoisotopic (exact) mass is 314 g/mol. The van der Waals surface area contributed by atoms with Crippen LogP contribution in [-0.4, -0.2) is 43.6 Å². The van der Waals surface area contributed by atoms with Gasteiger partial charge >= 0.3 is 12.0 Å². The number of hydrogen-bond donors (Lipinski definition) is 3. The summed E-state index contributed by atoms with van der Waals surface area (Å²) in [5, 5.41) is 13.8. The number of carbonyl (C=O) groups is 2. The van der Waals surface area contributed by atoms with Crippen molar-refractivity contribution in [1.29, 1.82) is 0 Å². The minimum atomic E-state index is -3.12. The van der Waals surface area contributed by atoms with Gasteiger partial charge in [0, 0.05) is 18.0 Å². The fourth-order valence-corrected chi connectivity index (χ4v) is 2.32. The van der Waals surface area contributed by atoms with E-state index in [-0.39, 0.29) is 23.6 Å². The third kappa shape index (κ3) is 5.42. The van der Waals surface area contributed by atoms with Gasteiger partial charge in [-0.1, -0.05) is 6.92 Å². The molecule has 1 aromatic rings. The second-order valence-electron chi connectivity index (χ2n) is 4.45. The Labute approximate surface area is 123 Å². The van der Waals surface area contributed by atoms with Gasteiger partial charge in [0.1, 0.15) is 0 Å². The Kier molecular flexibility index (Phi) is 5.71. The quantitative estimate of drug-likeness (QED) is 0.731. The van der Waals surface area contributed by atoms with Crippen LogP contribution in [0.3, 0.4) is 0 Å². The molecule has 2 amide bonds. The van der Waals surface area contributed by atoms with Gasteiger partial charge in [-0.3, -0.25) is 0 Å². The van der Waals surface area contributed by atoms with Gasteiger partial charge in [-0.05, 0) is 30.7 Å². The summed E-state index contributed by atoms with van der Waals surface area (Å²) in [6.07, 6.45) is 0. The van der Waals surface area contributed by atoms with E-state index in [0.29, 0.717) is 11.3 Å². The van der Waals surface area contributed by atoms with Crippen molar-refractivity contribution >= 4 is 27.5 Å². The van der Waals surface area contributed by atoms with Gasteiger partial charge in [-0.2, -0.15) is 0 Å². The minimum Gasteiger partial charge on any atom is -0.478 e. The molecule has 116 valence electrons. The molecule has 0 aromatic heterocycles. The SMILES string of the molecule is CCS(=O)(=O)CCNC(=O)Nc1ccc(C(=O)O)c(C)c1. The topological polar surface area (TPSA) is 113 Å². The van der Waals surface area contributed by atoms with Crippen LogP contribution in [-0.2, 0) is 9.84 Å². The van der Waals surface area contributed by atoms with Crippen LogP contribution >= 0.6 is 0 Å². The van der Waals surface area contributed by atoms with Crippen LogP contribution in [0.25, 0.3) is 0 Å². The number of carboxylic acids is 1. The third-order valence-corrected chi connectivity index (χ3v) is 4.56. The number of hydrogen-bond acceptors (Lipinski definition) is 4. The Morgan fingerprint density at radius 3 is 2.48 bits per heavy atom. The van der Waals surface area contributed by atoms with Crippen molar-refractivity contribution in [1.82, 2.24) is 5.32 Å². The van der Waals surface area contributed by atoms with E-state index in [2.05, 4.69) is 10.6 Å². The number of amides is 2. The molecule has 0 atom stereocenters. The Morgan fingerprint density at radius 1 is 1.29 bits per heavy atom. The standard InChI is InChI=1S/C13H18N2O5S/c1-3-21(19,20)7-6-14-13(18)15-10-4-5-11(12(16)17)9(2)8-10/h4-5,8H,3,6-7H2,1-2H3,(H,16,17)(H2,14,15,18). The molecule has 1 aromatic carbocycles. The summed E-state index contributed by atoms with van der Waals surface area (Å²) in [5.74, 6) is -1.12. The van der Waals surface area contributed by atoms with Crippen molar-refractivity contribution in [2.75, 3.05) is 23.4 Å². The molecule has 0 bridgehead atoms. The van der Waals surface area contributed by atoms with Gasteiger partial charge in [-0.25, -0.2) is 18.0 Å². The Hall–Kier alpha value is -2.09. The van der Waals surface area contributed by atoms with Crippen molar-refractivity contribution in [3.8, 4) is 0 Å². The number of aromatic carboxylic acids is 1. The van der Waals surface area contributed by atoms with Gasteiger partial charge in [0.05, 0.1) is 11.3 Å². The summed E-state index contributed by atoms with van der Waals surface area (Å²) in [5.41, 5.74) is 1.12. The molecule has 0 saturated carbocycles. The largest absolute Gasteiger partial charge is 0.478 e. The highest BCUT2D eigenvalue weighted by atomic mass is 32.2. The molecule has 0 radical (unpaired) electrons. The van der Waals surface area contributed by atoms with Crippen molar-refractivity contribution < 1.29 is 23.1 Å². The molecule has 8 heteroatoms. The van der Waals surface area contributed by atoms with Crippen LogP contribution in [0, 0.1) is 6.92 Å². The van der Waals surface area contributed by atoms with Crippen LogP contribution in [0.1, 0.15) is 22.8 Å².